The summed E-state index contributed by atoms with van der Waals surface area (Å²) in [5.41, 5.74) is 6.88. The van der Waals surface area contributed by atoms with Gasteiger partial charge in [0.1, 0.15) is 23.1 Å². The van der Waals surface area contributed by atoms with Gasteiger partial charge in [-0.3, -0.25) is 4.79 Å². The summed E-state index contributed by atoms with van der Waals surface area (Å²) >= 11 is 0. The van der Waals surface area contributed by atoms with E-state index < -0.39 is 5.41 Å². The summed E-state index contributed by atoms with van der Waals surface area (Å²) < 4.78 is 20.8. The van der Waals surface area contributed by atoms with Gasteiger partial charge in [0.2, 0.25) is 5.91 Å². The first kappa shape index (κ1) is 17.9. The highest BCUT2D eigenvalue weighted by Gasteiger charge is 2.42. The van der Waals surface area contributed by atoms with Crippen molar-refractivity contribution in [3.63, 3.8) is 0 Å². The lowest BCUT2D eigenvalue weighted by atomic mass is 9.87. The van der Waals surface area contributed by atoms with Crippen LogP contribution in [0.5, 0.6) is 5.75 Å². The van der Waals surface area contributed by atoms with E-state index >= 15 is 0 Å². The molecule has 0 atom stereocenters. The number of halogens is 1. The second-order valence-corrected chi connectivity index (χ2v) is 7.07. The Hall–Kier alpha value is -3.49. The number of anilines is 2. The molecule has 9 heteroatoms. The average molecular weight is 382 g/mol. The summed E-state index contributed by atoms with van der Waals surface area (Å²) in [6.45, 7) is 3.52. The van der Waals surface area contributed by atoms with Crippen LogP contribution in [0.25, 0.3) is 5.95 Å². The van der Waals surface area contributed by atoms with Crippen molar-refractivity contribution in [2.75, 3.05) is 18.2 Å². The lowest BCUT2D eigenvalue weighted by Crippen LogP contribution is -2.27. The average Bonchev–Trinajstić information content (AvgIpc) is 3.15. The molecule has 4 rings (SSSR count). The number of methoxy groups -OCH3 is 1. The molecule has 1 aliphatic rings. The highest BCUT2D eigenvalue weighted by atomic mass is 19.1. The van der Waals surface area contributed by atoms with Gasteiger partial charge >= 0.3 is 0 Å². The minimum absolute atomic E-state index is 0.187. The molecule has 0 spiro atoms. The molecule has 0 radical (unpaired) electrons. The number of benzene rings is 1. The minimum atomic E-state index is -0.810. The van der Waals surface area contributed by atoms with E-state index in [9.17, 15) is 9.18 Å². The molecule has 3 N–H and O–H groups in total. The SMILES string of the molecule is COc1cn(-c2nc(N)c3c(n2)NC(=O)C3(C)C)nc1Cc1ccccc1F. The van der Waals surface area contributed by atoms with E-state index in [-0.39, 0.29) is 29.9 Å². The largest absolute Gasteiger partial charge is 0.493 e. The molecule has 0 aliphatic carbocycles. The molecule has 1 aromatic carbocycles. The Labute approximate surface area is 160 Å². The van der Waals surface area contributed by atoms with Gasteiger partial charge in [-0.15, -0.1) is 0 Å². The summed E-state index contributed by atoms with van der Waals surface area (Å²) in [6.07, 6.45) is 1.84. The second-order valence-electron chi connectivity index (χ2n) is 7.07. The van der Waals surface area contributed by atoms with E-state index in [2.05, 4.69) is 20.4 Å². The minimum Gasteiger partial charge on any atom is -0.493 e. The number of nitrogens with one attached hydrogen (secondary N) is 1. The lowest BCUT2D eigenvalue weighted by molar-refractivity contribution is -0.119. The van der Waals surface area contributed by atoms with E-state index in [1.807, 2.05) is 0 Å². The number of aromatic nitrogens is 4. The maximum atomic E-state index is 14.0. The van der Waals surface area contributed by atoms with Crippen molar-refractivity contribution in [1.29, 1.82) is 0 Å². The number of nitrogens with two attached hydrogens (primary N) is 1. The Bertz CT molecular complexity index is 1090. The summed E-state index contributed by atoms with van der Waals surface area (Å²) in [7, 11) is 1.51. The lowest BCUT2D eigenvalue weighted by Gasteiger charge is -2.16. The van der Waals surface area contributed by atoms with Crippen LogP contribution in [0.4, 0.5) is 16.0 Å². The molecule has 1 amide bonds. The Morgan fingerprint density at radius 1 is 1.29 bits per heavy atom. The molecule has 0 bridgehead atoms. The van der Waals surface area contributed by atoms with Gasteiger partial charge < -0.3 is 15.8 Å². The third-order valence-corrected chi connectivity index (χ3v) is 4.84. The molecule has 8 nitrogen and oxygen atoms in total. The van der Waals surface area contributed by atoms with Crippen LogP contribution in [0.15, 0.2) is 30.5 Å². The topological polar surface area (TPSA) is 108 Å². The summed E-state index contributed by atoms with van der Waals surface area (Å²) in [6, 6.07) is 6.48. The van der Waals surface area contributed by atoms with Gasteiger partial charge in [-0.1, -0.05) is 18.2 Å². The van der Waals surface area contributed by atoms with Crippen LogP contribution >= 0.6 is 0 Å². The first-order chi connectivity index (χ1) is 13.3. The van der Waals surface area contributed by atoms with Crippen molar-refractivity contribution >= 4 is 17.5 Å². The predicted octanol–water partition coefficient (Wildman–Crippen LogP) is 2.21. The Kier molecular flexibility index (Phi) is 4.02. The first-order valence-electron chi connectivity index (χ1n) is 8.67. The molecule has 3 heterocycles. The number of fused-ring (bicyclic) bond motifs is 1. The van der Waals surface area contributed by atoms with Crippen LogP contribution in [0.3, 0.4) is 0 Å². The number of rotatable bonds is 4. The van der Waals surface area contributed by atoms with Crippen molar-refractivity contribution < 1.29 is 13.9 Å². The number of nitrogens with zero attached hydrogens (tertiary/aromatic N) is 4. The fourth-order valence-electron chi connectivity index (χ4n) is 3.26. The van der Waals surface area contributed by atoms with Crippen LogP contribution < -0.4 is 15.8 Å². The van der Waals surface area contributed by atoms with Crippen LogP contribution in [0, 0.1) is 5.82 Å². The van der Waals surface area contributed by atoms with Gasteiger partial charge in [-0.05, 0) is 25.5 Å². The zero-order chi connectivity index (χ0) is 20.1. The van der Waals surface area contributed by atoms with Gasteiger partial charge in [0, 0.05) is 6.42 Å². The predicted molar refractivity (Wildman–Crippen MR) is 101 cm³/mol. The number of nitrogen functional groups attached to an aromatic ring is 1. The Morgan fingerprint density at radius 2 is 2.04 bits per heavy atom. The monoisotopic (exact) mass is 382 g/mol. The van der Waals surface area contributed by atoms with Crippen LogP contribution in [-0.2, 0) is 16.6 Å². The quantitative estimate of drug-likeness (QED) is 0.716. The molecule has 28 heavy (non-hydrogen) atoms. The molecule has 2 aromatic heterocycles. The Morgan fingerprint density at radius 3 is 2.75 bits per heavy atom. The van der Waals surface area contributed by atoms with E-state index in [1.54, 1.807) is 38.2 Å². The van der Waals surface area contributed by atoms with Gasteiger partial charge in [0.15, 0.2) is 5.75 Å². The maximum absolute atomic E-state index is 14.0. The fraction of sp³-hybridized carbons (Fsp3) is 0.263. The van der Waals surface area contributed by atoms with Crippen molar-refractivity contribution in [1.82, 2.24) is 19.7 Å². The summed E-state index contributed by atoms with van der Waals surface area (Å²) in [5.74, 6) is 0.708. The molecule has 1 aliphatic heterocycles. The van der Waals surface area contributed by atoms with Crippen molar-refractivity contribution in [3.05, 3.63) is 53.1 Å². The summed E-state index contributed by atoms with van der Waals surface area (Å²) in [4.78, 5) is 20.9. The Balaban J connectivity index is 1.75. The number of carbonyl (C=O) groups excluding carboxylic acids is 1. The number of carbonyl (C=O) groups is 1. The normalized spacial score (nSPS) is 14.6. The van der Waals surface area contributed by atoms with Gasteiger partial charge in [0.05, 0.1) is 24.3 Å². The van der Waals surface area contributed by atoms with E-state index in [4.69, 9.17) is 10.5 Å². The molecule has 0 saturated carbocycles. The first-order valence-corrected chi connectivity index (χ1v) is 8.67. The highest BCUT2D eigenvalue weighted by molar-refractivity contribution is 6.06. The maximum Gasteiger partial charge on any atom is 0.254 e. The van der Waals surface area contributed by atoms with Gasteiger partial charge in [-0.25, -0.2) is 9.07 Å². The van der Waals surface area contributed by atoms with Crippen LogP contribution in [0.2, 0.25) is 0 Å². The van der Waals surface area contributed by atoms with E-state index in [0.717, 1.165) is 0 Å². The second kappa shape index (κ2) is 6.29. The van der Waals surface area contributed by atoms with Gasteiger partial charge in [0.25, 0.3) is 5.95 Å². The third kappa shape index (κ3) is 2.75. The van der Waals surface area contributed by atoms with Crippen molar-refractivity contribution in [2.24, 2.45) is 0 Å². The number of amides is 1. The van der Waals surface area contributed by atoms with Gasteiger partial charge in [-0.2, -0.15) is 15.1 Å². The molecule has 0 fully saturated rings. The molecular formula is C19H19FN6O2. The molecule has 0 unspecified atom stereocenters. The molecule has 0 saturated heterocycles. The van der Waals surface area contributed by atoms with Crippen molar-refractivity contribution in [3.8, 4) is 11.7 Å². The zero-order valence-electron chi connectivity index (χ0n) is 15.7. The standard InChI is InChI=1S/C19H19FN6O2/c1-19(2)14-15(21)22-18(24-16(14)23-17(19)27)26-9-13(28-3)12(25-26)8-10-6-4-5-7-11(10)20/h4-7,9H,8H2,1-3H3,(H3,21,22,23,24,27). The van der Waals surface area contributed by atoms with Crippen molar-refractivity contribution in [2.45, 2.75) is 25.7 Å². The zero-order valence-corrected chi connectivity index (χ0v) is 15.7. The molecule has 144 valence electrons. The van der Waals surface area contributed by atoms with Crippen LogP contribution in [0.1, 0.15) is 30.7 Å². The molecular weight excluding hydrogens is 363 g/mol. The van der Waals surface area contributed by atoms with E-state index in [1.165, 1.54) is 17.9 Å². The number of hydrogen-bond donors (Lipinski definition) is 2. The number of ether oxygens (including phenoxy) is 1. The van der Waals surface area contributed by atoms with E-state index in [0.29, 0.717) is 28.4 Å². The van der Waals surface area contributed by atoms with Crippen LogP contribution in [-0.4, -0.2) is 32.8 Å². The summed E-state index contributed by atoms with van der Waals surface area (Å²) in [5, 5.41) is 7.17. The smallest absolute Gasteiger partial charge is 0.254 e. The third-order valence-electron chi connectivity index (χ3n) is 4.84. The molecule has 3 aromatic rings. The fourth-order valence-corrected chi connectivity index (χ4v) is 3.26. The highest BCUT2D eigenvalue weighted by Crippen LogP contribution is 2.39. The number of hydrogen-bond acceptors (Lipinski definition) is 6.